The van der Waals surface area contributed by atoms with E-state index in [1.807, 2.05) is 26.8 Å². The van der Waals surface area contributed by atoms with E-state index in [-0.39, 0.29) is 0 Å². The standard InChI is InChI=1S/C11H17NO2/c1-8-5-6-12-7-9(8)10(13)11(2,3)14-4/h5-7,10,13H,1-4H3. The van der Waals surface area contributed by atoms with Crippen LogP contribution in [0.3, 0.4) is 0 Å². The summed E-state index contributed by atoms with van der Waals surface area (Å²) in [6.45, 7) is 5.65. The van der Waals surface area contributed by atoms with Gasteiger partial charge in [-0.25, -0.2) is 0 Å². The third kappa shape index (κ3) is 2.11. The summed E-state index contributed by atoms with van der Waals surface area (Å²) in [4.78, 5) is 4.00. The topological polar surface area (TPSA) is 42.4 Å². The van der Waals surface area contributed by atoms with Crippen molar-refractivity contribution in [2.75, 3.05) is 7.11 Å². The molecule has 0 aliphatic heterocycles. The predicted molar refractivity (Wildman–Crippen MR) is 55.0 cm³/mol. The lowest BCUT2D eigenvalue weighted by molar-refractivity contribution is -0.0796. The highest BCUT2D eigenvalue weighted by Crippen LogP contribution is 2.29. The number of methoxy groups -OCH3 is 1. The summed E-state index contributed by atoms with van der Waals surface area (Å²) in [7, 11) is 1.59. The van der Waals surface area contributed by atoms with Gasteiger partial charge in [-0.1, -0.05) is 0 Å². The van der Waals surface area contributed by atoms with Crippen LogP contribution >= 0.6 is 0 Å². The second-order valence-corrected chi connectivity index (χ2v) is 3.94. The van der Waals surface area contributed by atoms with Crippen molar-refractivity contribution in [1.29, 1.82) is 0 Å². The first-order valence-corrected chi connectivity index (χ1v) is 4.63. The maximum absolute atomic E-state index is 10.1. The number of aromatic nitrogens is 1. The smallest absolute Gasteiger partial charge is 0.109 e. The lowest BCUT2D eigenvalue weighted by Gasteiger charge is -2.29. The number of nitrogens with zero attached hydrogens (tertiary/aromatic N) is 1. The Labute approximate surface area is 84.7 Å². The van der Waals surface area contributed by atoms with Crippen LogP contribution in [0, 0.1) is 6.92 Å². The molecule has 1 N–H and O–H groups in total. The van der Waals surface area contributed by atoms with E-state index in [0.29, 0.717) is 0 Å². The summed E-state index contributed by atoms with van der Waals surface area (Å²) in [5.74, 6) is 0. The Morgan fingerprint density at radius 3 is 2.64 bits per heavy atom. The Kier molecular flexibility index (Phi) is 3.24. The molecule has 14 heavy (non-hydrogen) atoms. The molecule has 1 aromatic rings. The first-order valence-electron chi connectivity index (χ1n) is 4.63. The van der Waals surface area contributed by atoms with E-state index in [1.54, 1.807) is 19.5 Å². The van der Waals surface area contributed by atoms with Crippen LogP contribution in [-0.4, -0.2) is 22.8 Å². The van der Waals surface area contributed by atoms with Crippen molar-refractivity contribution >= 4 is 0 Å². The van der Waals surface area contributed by atoms with E-state index in [0.717, 1.165) is 11.1 Å². The Bertz CT molecular complexity index is 310. The Morgan fingerprint density at radius 1 is 1.50 bits per heavy atom. The minimum absolute atomic E-state index is 0.589. The van der Waals surface area contributed by atoms with E-state index in [1.165, 1.54) is 0 Å². The second kappa shape index (κ2) is 4.07. The fourth-order valence-electron chi connectivity index (χ4n) is 1.25. The maximum Gasteiger partial charge on any atom is 0.109 e. The van der Waals surface area contributed by atoms with Crippen molar-refractivity contribution in [3.63, 3.8) is 0 Å². The van der Waals surface area contributed by atoms with Gasteiger partial charge in [-0.05, 0) is 32.4 Å². The summed E-state index contributed by atoms with van der Waals surface area (Å²) >= 11 is 0. The molecule has 1 atom stereocenters. The van der Waals surface area contributed by atoms with Gasteiger partial charge in [0.2, 0.25) is 0 Å². The van der Waals surface area contributed by atoms with Gasteiger partial charge in [0.1, 0.15) is 6.10 Å². The van der Waals surface area contributed by atoms with Gasteiger partial charge >= 0.3 is 0 Å². The molecule has 1 heterocycles. The van der Waals surface area contributed by atoms with Crippen molar-refractivity contribution in [1.82, 2.24) is 4.98 Å². The number of pyridine rings is 1. The quantitative estimate of drug-likeness (QED) is 0.800. The molecule has 0 amide bonds. The Morgan fingerprint density at radius 2 is 2.14 bits per heavy atom. The fourth-order valence-corrected chi connectivity index (χ4v) is 1.25. The van der Waals surface area contributed by atoms with Crippen LogP contribution in [0.15, 0.2) is 18.5 Å². The Hall–Kier alpha value is -0.930. The molecule has 1 rings (SSSR count). The molecule has 3 nitrogen and oxygen atoms in total. The molecule has 0 saturated heterocycles. The van der Waals surface area contributed by atoms with Crippen LogP contribution in [0.1, 0.15) is 31.1 Å². The normalized spacial score (nSPS) is 14.1. The average molecular weight is 195 g/mol. The fraction of sp³-hybridized carbons (Fsp3) is 0.545. The molecule has 0 spiro atoms. The molecule has 0 aliphatic rings. The van der Waals surface area contributed by atoms with Gasteiger partial charge < -0.3 is 9.84 Å². The first kappa shape index (κ1) is 11.1. The molecule has 0 aromatic carbocycles. The van der Waals surface area contributed by atoms with E-state index in [4.69, 9.17) is 4.74 Å². The molecule has 0 fully saturated rings. The van der Waals surface area contributed by atoms with Crippen LogP contribution in [0.2, 0.25) is 0 Å². The van der Waals surface area contributed by atoms with Gasteiger partial charge in [0, 0.05) is 25.1 Å². The highest BCUT2D eigenvalue weighted by molar-refractivity contribution is 5.25. The van der Waals surface area contributed by atoms with Gasteiger partial charge in [-0.2, -0.15) is 0 Å². The minimum Gasteiger partial charge on any atom is -0.385 e. The van der Waals surface area contributed by atoms with E-state index in [9.17, 15) is 5.11 Å². The van der Waals surface area contributed by atoms with Crippen LogP contribution in [0.4, 0.5) is 0 Å². The second-order valence-electron chi connectivity index (χ2n) is 3.94. The molecular formula is C11H17NO2. The van der Waals surface area contributed by atoms with E-state index in [2.05, 4.69) is 4.98 Å². The number of ether oxygens (including phenoxy) is 1. The van der Waals surface area contributed by atoms with Gasteiger partial charge in [-0.3, -0.25) is 4.98 Å². The maximum atomic E-state index is 10.1. The highest BCUT2D eigenvalue weighted by Gasteiger charge is 2.29. The van der Waals surface area contributed by atoms with Crippen molar-refractivity contribution in [2.45, 2.75) is 32.5 Å². The molecule has 1 unspecified atom stereocenters. The number of hydrogen-bond donors (Lipinski definition) is 1. The zero-order chi connectivity index (χ0) is 10.8. The molecule has 0 saturated carbocycles. The number of aliphatic hydroxyl groups excluding tert-OH is 1. The van der Waals surface area contributed by atoms with Gasteiger partial charge in [-0.15, -0.1) is 0 Å². The number of rotatable bonds is 3. The van der Waals surface area contributed by atoms with Crippen molar-refractivity contribution in [3.8, 4) is 0 Å². The molecule has 0 aliphatic carbocycles. The Balaban J connectivity index is 3.00. The molecule has 0 bridgehead atoms. The van der Waals surface area contributed by atoms with Crippen molar-refractivity contribution < 1.29 is 9.84 Å². The summed E-state index contributed by atoms with van der Waals surface area (Å²) in [5.41, 5.74) is 1.25. The zero-order valence-electron chi connectivity index (χ0n) is 9.11. The molecule has 78 valence electrons. The number of aliphatic hydroxyl groups is 1. The summed E-state index contributed by atoms with van der Waals surface area (Å²) in [6, 6.07) is 1.88. The van der Waals surface area contributed by atoms with Crippen LogP contribution in [0.5, 0.6) is 0 Å². The molecule has 0 radical (unpaired) electrons. The van der Waals surface area contributed by atoms with Crippen LogP contribution < -0.4 is 0 Å². The first-order chi connectivity index (χ1) is 6.49. The summed E-state index contributed by atoms with van der Waals surface area (Å²) in [6.07, 6.45) is 2.74. The molecular weight excluding hydrogens is 178 g/mol. The average Bonchev–Trinajstić information content (AvgIpc) is 2.17. The zero-order valence-corrected chi connectivity index (χ0v) is 9.11. The lowest BCUT2D eigenvalue weighted by Crippen LogP contribution is -2.31. The molecule has 3 heteroatoms. The van der Waals surface area contributed by atoms with Crippen molar-refractivity contribution in [3.05, 3.63) is 29.6 Å². The minimum atomic E-state index is -0.652. The van der Waals surface area contributed by atoms with E-state index >= 15 is 0 Å². The SMILES string of the molecule is COC(C)(C)C(O)c1cnccc1C. The van der Waals surface area contributed by atoms with Gasteiger partial charge in [0.05, 0.1) is 5.60 Å². The van der Waals surface area contributed by atoms with Crippen LogP contribution in [-0.2, 0) is 4.74 Å². The summed E-state index contributed by atoms with van der Waals surface area (Å²) in [5, 5.41) is 10.1. The van der Waals surface area contributed by atoms with Crippen molar-refractivity contribution in [2.24, 2.45) is 0 Å². The molecule has 1 aromatic heterocycles. The third-order valence-electron chi connectivity index (χ3n) is 2.56. The largest absolute Gasteiger partial charge is 0.385 e. The lowest BCUT2D eigenvalue weighted by atomic mass is 9.93. The van der Waals surface area contributed by atoms with Crippen LogP contribution in [0.25, 0.3) is 0 Å². The van der Waals surface area contributed by atoms with Gasteiger partial charge in [0.15, 0.2) is 0 Å². The number of aryl methyl sites for hydroxylation is 1. The summed E-state index contributed by atoms with van der Waals surface area (Å²) < 4.78 is 5.23. The third-order valence-corrected chi connectivity index (χ3v) is 2.56. The monoisotopic (exact) mass is 195 g/mol. The van der Waals surface area contributed by atoms with E-state index < -0.39 is 11.7 Å². The number of hydrogen-bond acceptors (Lipinski definition) is 3. The predicted octanol–water partition coefficient (Wildman–Crippen LogP) is 1.85. The highest BCUT2D eigenvalue weighted by atomic mass is 16.5. The van der Waals surface area contributed by atoms with Gasteiger partial charge in [0.25, 0.3) is 0 Å².